The molecule has 2 aromatic rings. The Morgan fingerprint density at radius 2 is 1.41 bits per heavy atom. The van der Waals surface area contributed by atoms with Gasteiger partial charge in [0, 0.05) is 5.56 Å². The van der Waals surface area contributed by atoms with E-state index in [1.165, 1.54) is 18.2 Å². The molecule has 0 radical (unpaired) electrons. The minimum atomic E-state index is -1.47. The summed E-state index contributed by atoms with van der Waals surface area (Å²) in [5.41, 5.74) is -2.61. The SMILES string of the molecule is O=C1C(=O)c2ccc3ccccc3c2C([N+](=O)[O-])=C1[N+](=O)[O-]. The van der Waals surface area contributed by atoms with Crippen molar-refractivity contribution in [3.05, 3.63) is 73.5 Å². The molecule has 0 bridgehead atoms. The van der Waals surface area contributed by atoms with Crippen LogP contribution < -0.4 is 0 Å². The van der Waals surface area contributed by atoms with Crippen molar-refractivity contribution in [2.45, 2.75) is 0 Å². The first-order valence-electron chi connectivity index (χ1n) is 6.07. The number of carbonyl (C=O) groups excluding carboxylic acids is 2. The molecule has 0 atom stereocenters. The van der Waals surface area contributed by atoms with E-state index in [0.717, 1.165) is 0 Å². The summed E-state index contributed by atoms with van der Waals surface area (Å²) in [4.78, 5) is 44.0. The number of fused-ring (bicyclic) bond motifs is 3. The van der Waals surface area contributed by atoms with E-state index in [4.69, 9.17) is 0 Å². The molecule has 0 amide bonds. The molecule has 2 aromatic carbocycles. The van der Waals surface area contributed by atoms with E-state index < -0.39 is 32.8 Å². The Hall–Kier alpha value is -3.42. The number of hydrogen-bond acceptors (Lipinski definition) is 6. The fourth-order valence-corrected chi connectivity index (χ4v) is 2.52. The topological polar surface area (TPSA) is 120 Å². The molecule has 0 heterocycles. The van der Waals surface area contributed by atoms with Gasteiger partial charge in [-0.05, 0) is 16.8 Å². The molecule has 0 fully saturated rings. The summed E-state index contributed by atoms with van der Waals surface area (Å²) in [7, 11) is 0. The molecule has 0 saturated heterocycles. The lowest BCUT2D eigenvalue weighted by Crippen LogP contribution is -2.30. The predicted octanol–water partition coefficient (Wildman–Crippen LogP) is 1.83. The van der Waals surface area contributed by atoms with E-state index in [1.54, 1.807) is 18.2 Å². The Balaban J connectivity index is 2.56. The lowest BCUT2D eigenvalue weighted by Gasteiger charge is -2.13. The standard InChI is InChI=1S/C14H6N2O6/c17-13-9-6-5-7-3-1-2-4-8(7)10(9)11(15(19)20)12(14(13)18)16(21)22/h1-6H. The van der Waals surface area contributed by atoms with Crippen LogP contribution in [0.3, 0.4) is 0 Å². The Labute approximate surface area is 122 Å². The highest BCUT2D eigenvalue weighted by Gasteiger charge is 2.47. The van der Waals surface area contributed by atoms with Crippen LogP contribution in [0, 0.1) is 20.2 Å². The highest BCUT2D eigenvalue weighted by atomic mass is 16.6. The minimum absolute atomic E-state index is 0.181. The zero-order chi connectivity index (χ0) is 16.0. The average molecular weight is 298 g/mol. The summed E-state index contributed by atoms with van der Waals surface area (Å²) in [6.07, 6.45) is 0. The summed E-state index contributed by atoms with van der Waals surface area (Å²) in [5.74, 6) is -2.59. The van der Waals surface area contributed by atoms with Crippen LogP contribution >= 0.6 is 0 Å². The first kappa shape index (κ1) is 13.6. The number of nitrogens with zero attached hydrogens (tertiary/aromatic N) is 2. The Morgan fingerprint density at radius 1 is 0.773 bits per heavy atom. The van der Waals surface area contributed by atoms with Gasteiger partial charge in [-0.2, -0.15) is 0 Å². The number of ketones is 2. The van der Waals surface area contributed by atoms with Crippen LogP contribution in [0.15, 0.2) is 42.1 Å². The number of benzene rings is 2. The van der Waals surface area contributed by atoms with E-state index >= 15 is 0 Å². The average Bonchev–Trinajstić information content (AvgIpc) is 2.49. The molecule has 1 aliphatic rings. The largest absolute Gasteiger partial charge is 0.397 e. The Kier molecular flexibility index (Phi) is 2.81. The van der Waals surface area contributed by atoms with E-state index in [9.17, 15) is 29.8 Å². The zero-order valence-corrected chi connectivity index (χ0v) is 10.8. The lowest BCUT2D eigenvalue weighted by atomic mass is 9.87. The van der Waals surface area contributed by atoms with Crippen molar-refractivity contribution >= 4 is 28.0 Å². The summed E-state index contributed by atoms with van der Waals surface area (Å²) >= 11 is 0. The third-order valence-electron chi connectivity index (χ3n) is 3.42. The molecule has 0 unspecified atom stereocenters. The molecule has 1 aliphatic carbocycles. The van der Waals surface area contributed by atoms with Gasteiger partial charge in [0.2, 0.25) is 5.78 Å². The highest BCUT2D eigenvalue weighted by Crippen LogP contribution is 2.35. The second-order valence-electron chi connectivity index (χ2n) is 4.58. The van der Waals surface area contributed by atoms with Crippen molar-refractivity contribution in [2.75, 3.05) is 0 Å². The molecule has 8 nitrogen and oxygen atoms in total. The number of Topliss-reactive ketones (excluding diaryl/α,β-unsaturated/α-hetero) is 2. The predicted molar refractivity (Wildman–Crippen MR) is 74.2 cm³/mol. The van der Waals surface area contributed by atoms with Crippen LogP contribution in [0.5, 0.6) is 0 Å². The fraction of sp³-hybridized carbons (Fsp3) is 0. The van der Waals surface area contributed by atoms with Crippen LogP contribution in [0.25, 0.3) is 16.5 Å². The zero-order valence-electron chi connectivity index (χ0n) is 10.8. The second kappa shape index (κ2) is 4.55. The van der Waals surface area contributed by atoms with Gasteiger partial charge in [-0.15, -0.1) is 0 Å². The normalized spacial score (nSPS) is 14.2. The van der Waals surface area contributed by atoms with Gasteiger partial charge in [0.15, 0.2) is 0 Å². The maximum atomic E-state index is 12.0. The van der Waals surface area contributed by atoms with Crippen LogP contribution in [0.4, 0.5) is 0 Å². The van der Waals surface area contributed by atoms with Gasteiger partial charge in [-0.25, -0.2) is 0 Å². The number of nitro groups is 2. The molecule has 108 valence electrons. The van der Waals surface area contributed by atoms with E-state index in [2.05, 4.69) is 0 Å². The Morgan fingerprint density at radius 3 is 2.05 bits per heavy atom. The van der Waals surface area contributed by atoms with Gasteiger partial charge in [0.1, 0.15) is 0 Å². The van der Waals surface area contributed by atoms with E-state index in [0.29, 0.717) is 10.8 Å². The van der Waals surface area contributed by atoms with Gasteiger partial charge < -0.3 is 0 Å². The number of rotatable bonds is 2. The molecule has 22 heavy (non-hydrogen) atoms. The van der Waals surface area contributed by atoms with Gasteiger partial charge in [0.05, 0.1) is 15.4 Å². The third kappa shape index (κ3) is 1.71. The maximum absolute atomic E-state index is 12.0. The molecular weight excluding hydrogens is 292 g/mol. The Bertz CT molecular complexity index is 928. The molecule has 8 heteroatoms. The first-order valence-corrected chi connectivity index (χ1v) is 6.07. The number of hydrogen-bond donors (Lipinski definition) is 0. The van der Waals surface area contributed by atoms with Gasteiger partial charge in [0.25, 0.3) is 0 Å². The molecular formula is C14H6N2O6. The summed E-state index contributed by atoms with van der Waals surface area (Å²) in [6.45, 7) is 0. The van der Waals surface area contributed by atoms with E-state index in [-0.39, 0.29) is 11.1 Å². The van der Waals surface area contributed by atoms with Crippen molar-refractivity contribution in [3.63, 3.8) is 0 Å². The van der Waals surface area contributed by atoms with Crippen molar-refractivity contribution in [1.29, 1.82) is 0 Å². The van der Waals surface area contributed by atoms with Crippen molar-refractivity contribution in [2.24, 2.45) is 0 Å². The van der Waals surface area contributed by atoms with Crippen molar-refractivity contribution < 1.29 is 19.4 Å². The van der Waals surface area contributed by atoms with Crippen LogP contribution in [0.2, 0.25) is 0 Å². The molecule has 0 aliphatic heterocycles. The smallest absolute Gasteiger partial charge is 0.285 e. The molecule has 3 rings (SSSR count). The van der Waals surface area contributed by atoms with Gasteiger partial charge in [-0.1, -0.05) is 30.3 Å². The van der Waals surface area contributed by atoms with Crippen molar-refractivity contribution in [1.82, 2.24) is 0 Å². The number of allylic oxidation sites excluding steroid dienone is 1. The highest BCUT2D eigenvalue weighted by molar-refractivity contribution is 6.52. The summed E-state index contributed by atoms with van der Waals surface area (Å²) in [6, 6.07) is 9.26. The molecule has 0 spiro atoms. The fourth-order valence-electron chi connectivity index (χ4n) is 2.52. The maximum Gasteiger partial charge on any atom is 0.397 e. The molecule has 0 aromatic heterocycles. The van der Waals surface area contributed by atoms with Crippen LogP contribution in [0.1, 0.15) is 15.9 Å². The second-order valence-corrected chi connectivity index (χ2v) is 4.58. The first-order chi connectivity index (χ1) is 10.4. The van der Waals surface area contributed by atoms with Crippen LogP contribution in [-0.2, 0) is 4.79 Å². The summed E-state index contributed by atoms with van der Waals surface area (Å²) in [5, 5.41) is 23.2. The van der Waals surface area contributed by atoms with Crippen LogP contribution in [-0.4, -0.2) is 21.4 Å². The molecule has 0 N–H and O–H groups in total. The number of carbonyl (C=O) groups is 2. The lowest BCUT2D eigenvalue weighted by molar-refractivity contribution is -0.438. The van der Waals surface area contributed by atoms with Gasteiger partial charge >= 0.3 is 17.2 Å². The quantitative estimate of drug-likeness (QED) is 0.473. The van der Waals surface area contributed by atoms with Gasteiger partial charge in [-0.3, -0.25) is 29.8 Å². The molecule has 0 saturated carbocycles. The third-order valence-corrected chi connectivity index (χ3v) is 3.42. The minimum Gasteiger partial charge on any atom is -0.285 e. The van der Waals surface area contributed by atoms with E-state index in [1.807, 2.05) is 0 Å². The summed E-state index contributed by atoms with van der Waals surface area (Å²) < 4.78 is 0. The van der Waals surface area contributed by atoms with Crippen molar-refractivity contribution in [3.8, 4) is 0 Å². The monoisotopic (exact) mass is 298 g/mol.